The number of ether oxygens (including phenoxy) is 1. The first-order valence-corrected chi connectivity index (χ1v) is 6.18. The molecule has 4 heteroatoms. The minimum Gasteiger partial charge on any atom is -0.459 e. The van der Waals surface area contributed by atoms with Gasteiger partial charge in [0.05, 0.1) is 6.07 Å². The van der Waals surface area contributed by atoms with Gasteiger partial charge in [-0.15, -0.1) is 0 Å². The molecule has 0 radical (unpaired) electrons. The number of nitriles is 1. The Morgan fingerprint density at radius 1 is 1.67 bits per heavy atom. The summed E-state index contributed by atoms with van der Waals surface area (Å²) in [4.78, 5) is 11.8. The first kappa shape index (κ1) is 12.5. The van der Waals surface area contributed by atoms with Crippen LogP contribution in [0.3, 0.4) is 0 Å². The monoisotopic (exact) mass is 273 g/mol. The van der Waals surface area contributed by atoms with Crippen LogP contribution in [-0.4, -0.2) is 16.9 Å². The summed E-state index contributed by atoms with van der Waals surface area (Å²) >= 11 is 3.32. The highest BCUT2D eigenvalue weighted by Gasteiger charge is 2.62. The second-order valence-electron chi connectivity index (χ2n) is 4.96. The average Bonchev–Trinajstić information content (AvgIpc) is 2.77. The molecule has 0 heterocycles. The minimum atomic E-state index is -0.860. The van der Waals surface area contributed by atoms with E-state index in [1.807, 2.05) is 20.8 Å². The molecular formula is C11H16BrNO2. The van der Waals surface area contributed by atoms with E-state index in [0.29, 0.717) is 6.42 Å². The van der Waals surface area contributed by atoms with E-state index in [9.17, 15) is 4.79 Å². The van der Waals surface area contributed by atoms with Crippen LogP contribution < -0.4 is 0 Å². The zero-order chi connectivity index (χ0) is 11.7. The zero-order valence-corrected chi connectivity index (χ0v) is 10.9. The van der Waals surface area contributed by atoms with E-state index in [4.69, 9.17) is 10.00 Å². The molecule has 0 amide bonds. The number of hydrogen-bond donors (Lipinski definition) is 0. The fourth-order valence-electron chi connectivity index (χ4n) is 1.61. The van der Waals surface area contributed by atoms with Crippen LogP contribution in [0.5, 0.6) is 0 Å². The second-order valence-corrected chi connectivity index (χ2v) is 5.76. The third kappa shape index (κ3) is 2.72. The fourth-order valence-corrected chi connectivity index (χ4v) is 2.16. The van der Waals surface area contributed by atoms with E-state index in [0.717, 1.165) is 11.8 Å². The number of nitrogens with zero attached hydrogens (tertiary/aromatic N) is 1. The molecule has 0 saturated heterocycles. The molecule has 3 nitrogen and oxygen atoms in total. The van der Waals surface area contributed by atoms with Crippen molar-refractivity contribution in [3.63, 3.8) is 0 Å². The van der Waals surface area contributed by atoms with Crippen molar-refractivity contribution < 1.29 is 9.53 Å². The van der Waals surface area contributed by atoms with Gasteiger partial charge in [-0.2, -0.15) is 5.26 Å². The van der Waals surface area contributed by atoms with Crippen LogP contribution >= 0.6 is 15.9 Å². The van der Waals surface area contributed by atoms with E-state index in [1.165, 1.54) is 0 Å². The molecule has 2 atom stereocenters. The Kier molecular flexibility index (Phi) is 3.44. The molecule has 0 aromatic rings. The number of carbonyl (C=O) groups is 1. The van der Waals surface area contributed by atoms with Gasteiger partial charge < -0.3 is 4.74 Å². The van der Waals surface area contributed by atoms with E-state index < -0.39 is 11.0 Å². The second kappa shape index (κ2) is 4.13. The molecule has 1 aliphatic rings. The van der Waals surface area contributed by atoms with Gasteiger partial charge in [0, 0.05) is 5.33 Å². The van der Waals surface area contributed by atoms with E-state index in [1.54, 1.807) is 0 Å². The van der Waals surface area contributed by atoms with Crippen molar-refractivity contribution in [2.75, 3.05) is 5.33 Å². The molecule has 0 aromatic carbocycles. The van der Waals surface area contributed by atoms with Crippen LogP contribution in [-0.2, 0) is 9.53 Å². The highest BCUT2D eigenvalue weighted by Crippen LogP contribution is 2.55. The number of esters is 1. The maximum absolute atomic E-state index is 11.8. The lowest BCUT2D eigenvalue weighted by Gasteiger charge is -2.21. The summed E-state index contributed by atoms with van der Waals surface area (Å²) in [7, 11) is 0. The number of carbonyl (C=O) groups excluding carboxylic acids is 1. The zero-order valence-electron chi connectivity index (χ0n) is 9.34. The highest BCUT2D eigenvalue weighted by atomic mass is 79.9. The van der Waals surface area contributed by atoms with Crippen molar-refractivity contribution >= 4 is 21.9 Å². The number of halogens is 1. The average molecular weight is 274 g/mol. The van der Waals surface area contributed by atoms with Crippen molar-refractivity contribution in [1.29, 1.82) is 5.26 Å². The molecule has 1 rings (SSSR count). The summed E-state index contributed by atoms with van der Waals surface area (Å²) in [6, 6.07) is 2.11. The molecule has 1 aliphatic carbocycles. The van der Waals surface area contributed by atoms with Crippen molar-refractivity contribution in [2.24, 2.45) is 11.3 Å². The highest BCUT2D eigenvalue weighted by molar-refractivity contribution is 9.09. The SMILES string of the molecule is CC(C)(C)OC(=O)C1(C#N)CC1CCBr. The molecule has 0 spiro atoms. The molecule has 84 valence electrons. The third-order valence-electron chi connectivity index (χ3n) is 2.53. The maximum atomic E-state index is 11.8. The predicted octanol–water partition coefficient (Wildman–Crippen LogP) is 2.64. The first-order chi connectivity index (χ1) is 6.85. The minimum absolute atomic E-state index is 0.164. The standard InChI is InChI=1S/C11H16BrNO2/c1-10(2,3)15-9(14)11(7-13)6-8(11)4-5-12/h8H,4-6H2,1-3H3. The maximum Gasteiger partial charge on any atom is 0.327 e. The van der Waals surface area contributed by atoms with Gasteiger partial charge in [-0.1, -0.05) is 15.9 Å². The first-order valence-electron chi connectivity index (χ1n) is 5.06. The molecule has 0 bridgehead atoms. The Morgan fingerprint density at radius 2 is 2.27 bits per heavy atom. The van der Waals surface area contributed by atoms with Crippen molar-refractivity contribution in [2.45, 2.75) is 39.2 Å². The van der Waals surface area contributed by atoms with E-state index in [-0.39, 0.29) is 11.9 Å². The van der Waals surface area contributed by atoms with Crippen LogP contribution in [0.2, 0.25) is 0 Å². The van der Waals surface area contributed by atoms with Gasteiger partial charge in [0.25, 0.3) is 0 Å². The normalized spacial score (nSPS) is 29.4. The van der Waals surface area contributed by atoms with Gasteiger partial charge in [-0.05, 0) is 39.5 Å². The molecule has 2 unspecified atom stereocenters. The van der Waals surface area contributed by atoms with Gasteiger partial charge in [-0.3, -0.25) is 4.79 Å². The third-order valence-corrected chi connectivity index (χ3v) is 2.98. The van der Waals surface area contributed by atoms with Crippen molar-refractivity contribution in [3.05, 3.63) is 0 Å². The summed E-state index contributed by atoms with van der Waals surface area (Å²) in [6.07, 6.45) is 1.50. The van der Waals surface area contributed by atoms with Gasteiger partial charge in [0.15, 0.2) is 5.41 Å². The smallest absolute Gasteiger partial charge is 0.327 e. The Bertz CT molecular complexity index is 303. The Balaban J connectivity index is 2.64. The summed E-state index contributed by atoms with van der Waals surface area (Å²) in [5.41, 5.74) is -1.37. The van der Waals surface area contributed by atoms with Crippen LogP contribution in [0.15, 0.2) is 0 Å². The lowest BCUT2D eigenvalue weighted by atomic mass is 10.0. The van der Waals surface area contributed by atoms with Crippen LogP contribution in [0.4, 0.5) is 0 Å². The fraction of sp³-hybridized carbons (Fsp3) is 0.818. The topological polar surface area (TPSA) is 50.1 Å². The van der Waals surface area contributed by atoms with Gasteiger partial charge in [-0.25, -0.2) is 0 Å². The van der Waals surface area contributed by atoms with Crippen LogP contribution in [0.1, 0.15) is 33.6 Å². The van der Waals surface area contributed by atoms with Crippen LogP contribution in [0.25, 0.3) is 0 Å². The van der Waals surface area contributed by atoms with Crippen LogP contribution in [0, 0.1) is 22.7 Å². The van der Waals surface area contributed by atoms with Crippen molar-refractivity contribution in [3.8, 4) is 6.07 Å². The molecule has 15 heavy (non-hydrogen) atoms. The van der Waals surface area contributed by atoms with Crippen molar-refractivity contribution in [1.82, 2.24) is 0 Å². The Labute approximate surface area is 98.9 Å². The summed E-state index contributed by atoms with van der Waals surface area (Å²) < 4.78 is 5.26. The lowest BCUT2D eigenvalue weighted by Crippen LogP contribution is -2.30. The lowest BCUT2D eigenvalue weighted by molar-refractivity contribution is -0.159. The van der Waals surface area contributed by atoms with Gasteiger partial charge >= 0.3 is 5.97 Å². The summed E-state index contributed by atoms with van der Waals surface area (Å²) in [6.45, 7) is 5.45. The van der Waals surface area contributed by atoms with E-state index in [2.05, 4.69) is 22.0 Å². The van der Waals surface area contributed by atoms with Gasteiger partial charge in [0.1, 0.15) is 5.60 Å². The molecule has 0 aliphatic heterocycles. The molecule has 1 saturated carbocycles. The van der Waals surface area contributed by atoms with E-state index >= 15 is 0 Å². The Morgan fingerprint density at radius 3 is 2.67 bits per heavy atom. The molecule has 1 fully saturated rings. The molecule has 0 N–H and O–H groups in total. The molecule has 0 aromatic heterocycles. The van der Waals surface area contributed by atoms with Gasteiger partial charge in [0.2, 0.25) is 0 Å². The Hall–Kier alpha value is -0.560. The quantitative estimate of drug-likeness (QED) is 0.587. The molecular weight excluding hydrogens is 258 g/mol. The largest absolute Gasteiger partial charge is 0.459 e. The number of hydrogen-bond acceptors (Lipinski definition) is 3. The number of rotatable bonds is 3. The predicted molar refractivity (Wildman–Crippen MR) is 60.4 cm³/mol. The summed E-state index contributed by atoms with van der Waals surface area (Å²) in [5, 5.41) is 9.88. The number of alkyl halides is 1. The summed E-state index contributed by atoms with van der Waals surface area (Å²) in [5.74, 6) is -0.194.